The molecule has 0 saturated heterocycles. The Hall–Kier alpha value is -2.90. The lowest BCUT2D eigenvalue weighted by molar-refractivity contribution is -0.124. The van der Waals surface area contributed by atoms with Crippen molar-refractivity contribution in [2.24, 2.45) is 0 Å². The van der Waals surface area contributed by atoms with E-state index in [1.54, 1.807) is 7.11 Å². The number of hydrogen-bond donors (Lipinski definition) is 3. The fourth-order valence-electron chi connectivity index (χ4n) is 2.33. The van der Waals surface area contributed by atoms with Gasteiger partial charge in [-0.2, -0.15) is 0 Å². The van der Waals surface area contributed by atoms with Crippen molar-refractivity contribution in [3.05, 3.63) is 71.3 Å². The molecule has 2 aromatic carbocycles. The number of carbonyl (C=O) groups is 2. The van der Waals surface area contributed by atoms with Crippen LogP contribution < -0.4 is 10.6 Å². The molecule has 0 radical (unpaired) electrons. The van der Waals surface area contributed by atoms with Gasteiger partial charge < -0.3 is 25.2 Å². The minimum Gasteiger partial charge on any atom is -0.445 e. The van der Waals surface area contributed by atoms with Gasteiger partial charge in [-0.25, -0.2) is 4.79 Å². The summed E-state index contributed by atoms with van der Waals surface area (Å²) in [5.74, 6) is -0.491. The predicted molar refractivity (Wildman–Crippen MR) is 99.6 cm³/mol. The molecule has 7 nitrogen and oxygen atoms in total. The molecule has 0 aliphatic carbocycles. The minimum atomic E-state index is -1.08. The molecule has 2 amide bonds. The Morgan fingerprint density at radius 3 is 2.22 bits per heavy atom. The van der Waals surface area contributed by atoms with E-state index in [9.17, 15) is 14.7 Å². The lowest BCUT2D eigenvalue weighted by atomic mass is 10.1. The highest BCUT2D eigenvalue weighted by atomic mass is 16.5. The number of ether oxygens (including phenoxy) is 2. The molecule has 0 aliphatic heterocycles. The van der Waals surface area contributed by atoms with Crippen molar-refractivity contribution in [1.82, 2.24) is 10.6 Å². The summed E-state index contributed by atoms with van der Waals surface area (Å²) in [5.41, 5.74) is 2.75. The summed E-state index contributed by atoms with van der Waals surface area (Å²) in [6, 6.07) is 15.7. The van der Waals surface area contributed by atoms with Crippen molar-refractivity contribution in [2.75, 3.05) is 13.7 Å². The Bertz CT molecular complexity index is 719. The molecule has 0 fully saturated rings. The predicted octanol–water partition coefficient (Wildman–Crippen LogP) is 1.74. The van der Waals surface area contributed by atoms with Crippen molar-refractivity contribution in [1.29, 1.82) is 0 Å². The number of aliphatic hydroxyl groups excluding tert-OH is 1. The van der Waals surface area contributed by atoms with E-state index in [0.717, 1.165) is 16.7 Å². The fourth-order valence-corrected chi connectivity index (χ4v) is 2.33. The van der Waals surface area contributed by atoms with Gasteiger partial charge in [0.05, 0.1) is 13.2 Å². The second-order valence-corrected chi connectivity index (χ2v) is 5.91. The second kappa shape index (κ2) is 10.9. The summed E-state index contributed by atoms with van der Waals surface area (Å²) < 4.78 is 10.1. The molecule has 0 spiro atoms. The van der Waals surface area contributed by atoms with Crippen LogP contribution in [0.15, 0.2) is 54.6 Å². The van der Waals surface area contributed by atoms with Crippen LogP contribution in [0.3, 0.4) is 0 Å². The Kier molecular flexibility index (Phi) is 8.28. The van der Waals surface area contributed by atoms with E-state index in [-0.39, 0.29) is 13.2 Å². The molecule has 0 saturated carbocycles. The molecule has 0 aromatic heterocycles. The number of aliphatic hydroxyl groups is 1. The van der Waals surface area contributed by atoms with E-state index in [0.29, 0.717) is 6.61 Å². The molecular formula is C20H24N2O5. The van der Waals surface area contributed by atoms with Gasteiger partial charge in [0.25, 0.3) is 0 Å². The van der Waals surface area contributed by atoms with Crippen LogP contribution in [0, 0.1) is 0 Å². The highest BCUT2D eigenvalue weighted by Crippen LogP contribution is 2.05. The van der Waals surface area contributed by atoms with Crippen LogP contribution in [0.5, 0.6) is 0 Å². The van der Waals surface area contributed by atoms with Gasteiger partial charge in [-0.15, -0.1) is 0 Å². The van der Waals surface area contributed by atoms with Gasteiger partial charge in [0.2, 0.25) is 5.91 Å². The van der Waals surface area contributed by atoms with Crippen molar-refractivity contribution < 1.29 is 24.2 Å². The third-order valence-corrected chi connectivity index (χ3v) is 3.80. The molecule has 1 unspecified atom stereocenters. The maximum Gasteiger partial charge on any atom is 0.408 e. The molecule has 0 heterocycles. The number of rotatable bonds is 9. The number of amides is 2. The zero-order valence-electron chi connectivity index (χ0n) is 15.2. The number of alkyl carbamates (subject to hydrolysis) is 1. The van der Waals surface area contributed by atoms with E-state index < -0.39 is 24.6 Å². The lowest BCUT2D eigenvalue weighted by Crippen LogP contribution is -2.48. The average Bonchev–Trinajstić information content (AvgIpc) is 2.70. The number of carbonyl (C=O) groups excluding carboxylic acids is 2. The number of benzene rings is 2. The number of methoxy groups -OCH3 is 1. The molecule has 2 aromatic rings. The summed E-state index contributed by atoms with van der Waals surface area (Å²) in [7, 11) is 1.63. The van der Waals surface area contributed by atoms with Gasteiger partial charge in [-0.1, -0.05) is 54.6 Å². The van der Waals surface area contributed by atoms with Gasteiger partial charge >= 0.3 is 6.09 Å². The van der Waals surface area contributed by atoms with Crippen LogP contribution in [-0.4, -0.2) is 36.9 Å². The Balaban J connectivity index is 1.77. The smallest absolute Gasteiger partial charge is 0.408 e. The first kappa shape index (κ1) is 20.4. The summed E-state index contributed by atoms with van der Waals surface area (Å²) in [6.45, 7) is 0.358. The standard InChI is InChI=1S/C20H24N2O5/c1-26-13-17-9-7-15(8-10-17)11-21-19(24)18(12-23)22-20(25)27-14-16-5-3-2-4-6-16/h2-10,18,23H,11-14H2,1H3,(H,21,24)(H,22,25). The molecule has 0 bridgehead atoms. The first-order chi connectivity index (χ1) is 13.1. The maximum absolute atomic E-state index is 12.2. The first-order valence-corrected chi connectivity index (χ1v) is 8.55. The quantitative estimate of drug-likeness (QED) is 0.623. The number of nitrogens with one attached hydrogen (secondary N) is 2. The van der Waals surface area contributed by atoms with Gasteiger partial charge in [0.15, 0.2) is 0 Å². The van der Waals surface area contributed by atoms with E-state index in [2.05, 4.69) is 10.6 Å². The Morgan fingerprint density at radius 1 is 0.963 bits per heavy atom. The molecule has 27 heavy (non-hydrogen) atoms. The van der Waals surface area contributed by atoms with E-state index in [1.165, 1.54) is 0 Å². The second-order valence-electron chi connectivity index (χ2n) is 5.91. The summed E-state index contributed by atoms with van der Waals surface area (Å²) in [6.07, 6.45) is -0.767. The zero-order chi connectivity index (χ0) is 19.5. The number of hydrogen-bond acceptors (Lipinski definition) is 5. The largest absolute Gasteiger partial charge is 0.445 e. The maximum atomic E-state index is 12.2. The van der Waals surface area contributed by atoms with Crippen LogP contribution in [0.2, 0.25) is 0 Å². The normalized spacial score (nSPS) is 11.5. The minimum absolute atomic E-state index is 0.0836. The van der Waals surface area contributed by atoms with Crippen LogP contribution in [0.25, 0.3) is 0 Å². The lowest BCUT2D eigenvalue weighted by Gasteiger charge is -2.16. The SMILES string of the molecule is COCc1ccc(CNC(=O)C(CO)NC(=O)OCc2ccccc2)cc1. The summed E-state index contributed by atoms with van der Waals surface area (Å²) >= 11 is 0. The van der Waals surface area contributed by atoms with Gasteiger partial charge in [0.1, 0.15) is 12.6 Å². The van der Waals surface area contributed by atoms with Crippen molar-refractivity contribution in [3.63, 3.8) is 0 Å². The summed E-state index contributed by atoms with van der Waals surface area (Å²) in [5, 5.41) is 14.4. The summed E-state index contributed by atoms with van der Waals surface area (Å²) in [4.78, 5) is 24.0. The third kappa shape index (κ3) is 7.08. The molecule has 1 atom stereocenters. The van der Waals surface area contributed by atoms with Crippen LogP contribution >= 0.6 is 0 Å². The molecular weight excluding hydrogens is 348 g/mol. The highest BCUT2D eigenvalue weighted by Gasteiger charge is 2.20. The zero-order valence-corrected chi connectivity index (χ0v) is 15.2. The van der Waals surface area contributed by atoms with Crippen LogP contribution in [-0.2, 0) is 34.0 Å². The molecule has 3 N–H and O–H groups in total. The van der Waals surface area contributed by atoms with Gasteiger partial charge in [-0.3, -0.25) is 4.79 Å². The van der Waals surface area contributed by atoms with Crippen molar-refractivity contribution in [3.8, 4) is 0 Å². The topological polar surface area (TPSA) is 96.9 Å². The van der Waals surface area contributed by atoms with E-state index in [4.69, 9.17) is 9.47 Å². The molecule has 7 heteroatoms. The fraction of sp³-hybridized carbons (Fsp3) is 0.300. The molecule has 2 rings (SSSR count). The van der Waals surface area contributed by atoms with Crippen molar-refractivity contribution in [2.45, 2.75) is 25.8 Å². The monoisotopic (exact) mass is 372 g/mol. The van der Waals surface area contributed by atoms with Gasteiger partial charge in [0, 0.05) is 13.7 Å². The Labute approximate surface area is 158 Å². The molecule has 144 valence electrons. The third-order valence-electron chi connectivity index (χ3n) is 3.80. The van der Waals surface area contributed by atoms with E-state index >= 15 is 0 Å². The van der Waals surface area contributed by atoms with Crippen LogP contribution in [0.1, 0.15) is 16.7 Å². The molecule has 0 aliphatic rings. The van der Waals surface area contributed by atoms with Crippen molar-refractivity contribution >= 4 is 12.0 Å². The van der Waals surface area contributed by atoms with E-state index in [1.807, 2.05) is 54.6 Å². The first-order valence-electron chi connectivity index (χ1n) is 8.55. The van der Waals surface area contributed by atoms with Gasteiger partial charge in [-0.05, 0) is 16.7 Å². The average molecular weight is 372 g/mol. The van der Waals surface area contributed by atoms with Crippen LogP contribution in [0.4, 0.5) is 4.79 Å². The Morgan fingerprint density at radius 2 is 1.59 bits per heavy atom. The highest BCUT2D eigenvalue weighted by molar-refractivity contribution is 5.85.